The smallest absolute Gasteiger partial charge is 0.220 e. The summed E-state index contributed by atoms with van der Waals surface area (Å²) in [6, 6.07) is 8.74. The molecule has 0 saturated carbocycles. The molecule has 1 amide bonds. The lowest BCUT2D eigenvalue weighted by atomic mass is 10.1. The maximum atomic E-state index is 11.9. The molecule has 2 rings (SSSR count). The van der Waals surface area contributed by atoms with Gasteiger partial charge in [0.05, 0.1) is 0 Å². The molecule has 110 valence electrons. The second kappa shape index (κ2) is 6.75. The van der Waals surface area contributed by atoms with Crippen molar-refractivity contribution >= 4 is 11.6 Å². The summed E-state index contributed by atoms with van der Waals surface area (Å²) in [7, 11) is 6.15. The minimum atomic E-state index is 0.169. The third kappa shape index (κ3) is 4.23. The highest BCUT2D eigenvalue weighted by molar-refractivity contribution is 5.76. The van der Waals surface area contributed by atoms with E-state index in [1.165, 1.54) is 11.3 Å². The van der Waals surface area contributed by atoms with E-state index in [1.807, 2.05) is 14.1 Å². The lowest BCUT2D eigenvalue weighted by Crippen LogP contribution is -2.36. The quantitative estimate of drug-likeness (QED) is 0.884. The number of aryl methyl sites for hydroxylation is 1. The van der Waals surface area contributed by atoms with E-state index in [1.54, 1.807) is 0 Å². The Morgan fingerprint density at radius 1 is 1.35 bits per heavy atom. The van der Waals surface area contributed by atoms with E-state index in [0.717, 1.165) is 25.9 Å². The Kier molecular flexibility index (Phi) is 5.01. The Morgan fingerprint density at radius 3 is 2.60 bits per heavy atom. The number of carbonyl (C=O) groups excluding carboxylic acids is 1. The van der Waals surface area contributed by atoms with Gasteiger partial charge in [0.2, 0.25) is 5.91 Å². The fourth-order valence-corrected chi connectivity index (χ4v) is 2.57. The van der Waals surface area contributed by atoms with Gasteiger partial charge in [-0.2, -0.15) is 0 Å². The molecule has 1 unspecified atom stereocenters. The summed E-state index contributed by atoms with van der Waals surface area (Å²) < 4.78 is 0. The van der Waals surface area contributed by atoms with Crippen molar-refractivity contribution < 1.29 is 4.79 Å². The van der Waals surface area contributed by atoms with Crippen LogP contribution in [0.3, 0.4) is 0 Å². The van der Waals surface area contributed by atoms with Crippen LogP contribution < -0.4 is 10.2 Å². The Hall–Kier alpha value is -1.55. The van der Waals surface area contributed by atoms with Gasteiger partial charge in [-0.3, -0.25) is 4.79 Å². The lowest BCUT2D eigenvalue weighted by Gasteiger charge is -2.14. The zero-order valence-electron chi connectivity index (χ0n) is 12.7. The minimum Gasteiger partial charge on any atom is -0.378 e. The van der Waals surface area contributed by atoms with Crippen molar-refractivity contribution in [2.75, 3.05) is 39.1 Å². The number of hydrogen-bond donors (Lipinski definition) is 1. The van der Waals surface area contributed by atoms with Crippen LogP contribution in [-0.4, -0.2) is 51.1 Å². The predicted octanol–water partition coefficient (Wildman–Crippen LogP) is 1.51. The number of anilines is 1. The fourth-order valence-electron chi connectivity index (χ4n) is 2.57. The van der Waals surface area contributed by atoms with Gasteiger partial charge in [-0.05, 0) is 44.1 Å². The van der Waals surface area contributed by atoms with Crippen molar-refractivity contribution in [3.63, 3.8) is 0 Å². The van der Waals surface area contributed by atoms with E-state index in [-0.39, 0.29) is 5.91 Å². The first kappa shape index (κ1) is 14.9. The molecule has 1 saturated heterocycles. The first-order chi connectivity index (χ1) is 9.54. The van der Waals surface area contributed by atoms with E-state index in [9.17, 15) is 4.79 Å². The first-order valence-electron chi connectivity index (χ1n) is 7.29. The average Bonchev–Trinajstić information content (AvgIpc) is 2.82. The molecule has 20 heavy (non-hydrogen) atoms. The van der Waals surface area contributed by atoms with Crippen molar-refractivity contribution in [2.24, 2.45) is 0 Å². The number of nitrogens with zero attached hydrogens (tertiary/aromatic N) is 2. The van der Waals surface area contributed by atoms with Crippen molar-refractivity contribution in [3.8, 4) is 0 Å². The van der Waals surface area contributed by atoms with Gasteiger partial charge < -0.3 is 15.1 Å². The van der Waals surface area contributed by atoms with Crippen LogP contribution in [0.1, 0.15) is 18.4 Å². The standard InChI is InChI=1S/C16H25N3O/c1-18(2)15-7-4-13(5-8-15)6-9-16(20)17-14-10-11-19(3)12-14/h4-5,7-8,14H,6,9-12H2,1-3H3,(H,17,20). The summed E-state index contributed by atoms with van der Waals surface area (Å²) in [4.78, 5) is 16.2. The highest BCUT2D eigenvalue weighted by atomic mass is 16.1. The number of rotatable bonds is 5. The first-order valence-corrected chi connectivity index (χ1v) is 7.29. The molecular weight excluding hydrogens is 250 g/mol. The molecule has 1 aliphatic heterocycles. The van der Waals surface area contributed by atoms with Gasteiger partial charge in [0.15, 0.2) is 0 Å². The third-order valence-electron chi connectivity index (χ3n) is 3.85. The van der Waals surface area contributed by atoms with Crippen LogP contribution >= 0.6 is 0 Å². The molecule has 0 bridgehead atoms. The Labute approximate surface area is 121 Å². The molecule has 1 aliphatic rings. The summed E-state index contributed by atoms with van der Waals surface area (Å²) in [5.41, 5.74) is 2.40. The Balaban J connectivity index is 1.75. The van der Waals surface area contributed by atoms with Crippen molar-refractivity contribution in [1.82, 2.24) is 10.2 Å². The van der Waals surface area contributed by atoms with E-state index in [2.05, 4.69) is 46.4 Å². The maximum absolute atomic E-state index is 11.9. The van der Waals surface area contributed by atoms with Crippen LogP contribution in [0.2, 0.25) is 0 Å². The zero-order chi connectivity index (χ0) is 14.5. The summed E-state index contributed by atoms with van der Waals surface area (Å²) >= 11 is 0. The zero-order valence-corrected chi connectivity index (χ0v) is 12.7. The fraction of sp³-hybridized carbons (Fsp3) is 0.562. The number of nitrogens with one attached hydrogen (secondary N) is 1. The molecule has 1 fully saturated rings. The molecule has 1 aromatic carbocycles. The molecule has 1 atom stereocenters. The number of likely N-dealkylation sites (N-methyl/N-ethyl adjacent to an activating group) is 1. The SMILES string of the molecule is CN1CCC(NC(=O)CCc2ccc(N(C)C)cc2)C1. The van der Waals surface area contributed by atoms with E-state index < -0.39 is 0 Å². The number of hydrogen-bond acceptors (Lipinski definition) is 3. The highest BCUT2D eigenvalue weighted by Gasteiger charge is 2.20. The monoisotopic (exact) mass is 275 g/mol. The number of carbonyl (C=O) groups is 1. The topological polar surface area (TPSA) is 35.6 Å². The van der Waals surface area contributed by atoms with Crippen molar-refractivity contribution in [2.45, 2.75) is 25.3 Å². The van der Waals surface area contributed by atoms with E-state index in [4.69, 9.17) is 0 Å². The summed E-state index contributed by atoms with van der Waals surface area (Å²) in [6.07, 6.45) is 2.45. The van der Waals surface area contributed by atoms with E-state index in [0.29, 0.717) is 12.5 Å². The number of likely N-dealkylation sites (tertiary alicyclic amines) is 1. The molecular formula is C16H25N3O. The molecule has 0 aromatic heterocycles. The van der Waals surface area contributed by atoms with Gasteiger partial charge in [0, 0.05) is 38.8 Å². The van der Waals surface area contributed by atoms with Gasteiger partial charge in [0.25, 0.3) is 0 Å². The molecule has 0 aliphatic carbocycles. The average molecular weight is 275 g/mol. The second-order valence-electron chi connectivity index (χ2n) is 5.88. The van der Waals surface area contributed by atoms with Crippen molar-refractivity contribution in [1.29, 1.82) is 0 Å². The molecule has 1 aromatic rings. The van der Waals surface area contributed by atoms with Gasteiger partial charge >= 0.3 is 0 Å². The normalized spacial score (nSPS) is 19.1. The molecule has 4 heteroatoms. The summed E-state index contributed by atoms with van der Waals surface area (Å²) in [5.74, 6) is 0.169. The molecule has 0 radical (unpaired) electrons. The molecule has 1 N–H and O–H groups in total. The largest absolute Gasteiger partial charge is 0.378 e. The maximum Gasteiger partial charge on any atom is 0.220 e. The predicted molar refractivity (Wildman–Crippen MR) is 83.1 cm³/mol. The molecule has 1 heterocycles. The lowest BCUT2D eigenvalue weighted by molar-refractivity contribution is -0.121. The van der Waals surface area contributed by atoms with Crippen LogP contribution in [-0.2, 0) is 11.2 Å². The van der Waals surface area contributed by atoms with Gasteiger partial charge in [-0.1, -0.05) is 12.1 Å². The molecule has 0 spiro atoms. The minimum absolute atomic E-state index is 0.169. The summed E-state index contributed by atoms with van der Waals surface area (Å²) in [6.45, 7) is 2.06. The Bertz CT molecular complexity index is 442. The number of amides is 1. The number of benzene rings is 1. The third-order valence-corrected chi connectivity index (χ3v) is 3.85. The van der Waals surface area contributed by atoms with E-state index >= 15 is 0 Å². The van der Waals surface area contributed by atoms with Crippen LogP contribution in [0.25, 0.3) is 0 Å². The highest BCUT2D eigenvalue weighted by Crippen LogP contribution is 2.13. The van der Waals surface area contributed by atoms with Crippen molar-refractivity contribution in [3.05, 3.63) is 29.8 Å². The van der Waals surface area contributed by atoms with Crippen LogP contribution in [0.5, 0.6) is 0 Å². The van der Waals surface area contributed by atoms with Gasteiger partial charge in [-0.15, -0.1) is 0 Å². The van der Waals surface area contributed by atoms with Crippen LogP contribution in [0.15, 0.2) is 24.3 Å². The van der Waals surface area contributed by atoms with Gasteiger partial charge in [0.1, 0.15) is 0 Å². The second-order valence-corrected chi connectivity index (χ2v) is 5.88. The van der Waals surface area contributed by atoms with Gasteiger partial charge in [-0.25, -0.2) is 0 Å². The van der Waals surface area contributed by atoms with Crippen LogP contribution in [0, 0.1) is 0 Å². The summed E-state index contributed by atoms with van der Waals surface area (Å²) in [5, 5.41) is 3.12. The molecule has 4 nitrogen and oxygen atoms in total. The Morgan fingerprint density at radius 2 is 2.05 bits per heavy atom. The van der Waals surface area contributed by atoms with Crippen LogP contribution in [0.4, 0.5) is 5.69 Å².